The van der Waals surface area contributed by atoms with Crippen LogP contribution < -0.4 is 10.5 Å². The minimum Gasteiger partial charge on any atom is -0.483 e. The van der Waals surface area contributed by atoms with Crippen LogP contribution in [0.3, 0.4) is 0 Å². The predicted molar refractivity (Wildman–Crippen MR) is 89.3 cm³/mol. The van der Waals surface area contributed by atoms with Crippen LogP contribution in [0.25, 0.3) is 11.1 Å². The van der Waals surface area contributed by atoms with Gasteiger partial charge in [-0.2, -0.15) is 0 Å². The van der Waals surface area contributed by atoms with Crippen LogP contribution in [0.5, 0.6) is 5.75 Å². The fourth-order valence-electron chi connectivity index (χ4n) is 2.19. The Balaban J connectivity index is 2.35. The number of hydrogen-bond donors (Lipinski definition) is 1. The highest BCUT2D eigenvalue weighted by Gasteiger charge is 2.11. The summed E-state index contributed by atoms with van der Waals surface area (Å²) in [6.07, 6.45) is 0. The monoisotopic (exact) mass is 312 g/mol. The Kier molecular flexibility index (Phi) is 5.01. The molecule has 0 saturated carbocycles. The number of carbonyl (C=O) groups is 2. The highest BCUT2D eigenvalue weighted by Crippen LogP contribution is 2.31. The Morgan fingerprint density at radius 1 is 1.09 bits per heavy atom. The van der Waals surface area contributed by atoms with Crippen molar-refractivity contribution in [2.75, 3.05) is 20.7 Å². The fraction of sp³-hybridized carbons (Fsp3) is 0.222. The molecule has 0 radical (unpaired) electrons. The van der Waals surface area contributed by atoms with E-state index < -0.39 is 5.91 Å². The molecule has 0 aliphatic carbocycles. The maximum Gasteiger partial charge on any atom is 0.255 e. The van der Waals surface area contributed by atoms with Crippen molar-refractivity contribution in [3.63, 3.8) is 0 Å². The summed E-state index contributed by atoms with van der Waals surface area (Å²) in [4.78, 5) is 24.4. The van der Waals surface area contributed by atoms with Gasteiger partial charge in [0, 0.05) is 25.2 Å². The van der Waals surface area contributed by atoms with E-state index in [4.69, 9.17) is 10.5 Å². The Hall–Kier alpha value is -2.82. The Bertz CT molecular complexity index is 722. The zero-order valence-corrected chi connectivity index (χ0v) is 13.5. The first kappa shape index (κ1) is 16.5. The quantitative estimate of drug-likeness (QED) is 0.920. The summed E-state index contributed by atoms with van der Waals surface area (Å²) in [7, 11) is 3.43. The fourth-order valence-corrected chi connectivity index (χ4v) is 2.19. The molecule has 120 valence electrons. The third-order valence-corrected chi connectivity index (χ3v) is 3.35. The van der Waals surface area contributed by atoms with E-state index in [1.807, 2.05) is 37.3 Å². The van der Waals surface area contributed by atoms with E-state index in [1.165, 1.54) is 4.90 Å². The van der Waals surface area contributed by atoms with E-state index in [1.54, 1.807) is 26.2 Å². The van der Waals surface area contributed by atoms with Gasteiger partial charge in [-0.05, 0) is 36.8 Å². The average Bonchev–Trinajstić information content (AvgIpc) is 2.53. The standard InChI is InChI=1S/C18H20N2O3/c1-12-4-9-16(23-11-17(19)21)15(10-12)13-5-7-14(8-6-13)18(22)20(2)3/h4-10H,11H2,1-3H3,(H2,19,21). The second kappa shape index (κ2) is 6.96. The molecule has 0 spiro atoms. The largest absolute Gasteiger partial charge is 0.483 e. The first-order chi connectivity index (χ1) is 10.9. The van der Waals surface area contributed by atoms with Crippen molar-refractivity contribution < 1.29 is 14.3 Å². The third kappa shape index (κ3) is 4.10. The van der Waals surface area contributed by atoms with Crippen LogP contribution in [0.4, 0.5) is 0 Å². The molecule has 0 saturated heterocycles. The van der Waals surface area contributed by atoms with Crippen LogP contribution in [-0.2, 0) is 4.79 Å². The molecule has 0 aliphatic rings. The molecule has 2 amide bonds. The van der Waals surface area contributed by atoms with Crippen LogP contribution in [0, 0.1) is 6.92 Å². The maximum atomic E-state index is 11.9. The van der Waals surface area contributed by atoms with Gasteiger partial charge in [0.25, 0.3) is 11.8 Å². The van der Waals surface area contributed by atoms with Crippen molar-refractivity contribution in [2.45, 2.75) is 6.92 Å². The summed E-state index contributed by atoms with van der Waals surface area (Å²) in [6, 6.07) is 13.0. The molecule has 0 bridgehead atoms. The van der Waals surface area contributed by atoms with Crippen molar-refractivity contribution in [1.29, 1.82) is 0 Å². The average molecular weight is 312 g/mol. The van der Waals surface area contributed by atoms with Gasteiger partial charge >= 0.3 is 0 Å². The highest BCUT2D eigenvalue weighted by atomic mass is 16.5. The number of primary amides is 1. The molecule has 0 aromatic heterocycles. The zero-order valence-electron chi connectivity index (χ0n) is 13.5. The molecule has 5 nitrogen and oxygen atoms in total. The van der Waals surface area contributed by atoms with E-state index in [0.717, 1.165) is 16.7 Å². The van der Waals surface area contributed by atoms with Gasteiger partial charge in [-0.15, -0.1) is 0 Å². The van der Waals surface area contributed by atoms with Crippen LogP contribution in [0.2, 0.25) is 0 Å². The first-order valence-corrected chi connectivity index (χ1v) is 7.22. The number of carbonyl (C=O) groups excluding carboxylic acids is 2. The molecular formula is C18H20N2O3. The van der Waals surface area contributed by atoms with Crippen molar-refractivity contribution in [1.82, 2.24) is 4.90 Å². The number of benzene rings is 2. The topological polar surface area (TPSA) is 72.6 Å². The van der Waals surface area contributed by atoms with Crippen molar-refractivity contribution in [3.05, 3.63) is 53.6 Å². The lowest BCUT2D eigenvalue weighted by atomic mass is 10.0. The van der Waals surface area contributed by atoms with Gasteiger partial charge in [0.1, 0.15) is 5.75 Å². The predicted octanol–water partition coefficient (Wildman–Crippen LogP) is 2.23. The van der Waals surface area contributed by atoms with Crippen LogP contribution in [0.15, 0.2) is 42.5 Å². The number of nitrogens with two attached hydrogens (primary N) is 1. The lowest BCUT2D eigenvalue weighted by molar-refractivity contribution is -0.119. The van der Waals surface area contributed by atoms with Crippen molar-refractivity contribution >= 4 is 11.8 Å². The van der Waals surface area contributed by atoms with E-state index in [-0.39, 0.29) is 12.5 Å². The molecule has 2 rings (SSSR count). The van der Waals surface area contributed by atoms with Crippen molar-refractivity contribution in [3.8, 4) is 16.9 Å². The molecule has 23 heavy (non-hydrogen) atoms. The summed E-state index contributed by atoms with van der Waals surface area (Å²) in [5.74, 6) is 0.00975. The number of rotatable bonds is 5. The summed E-state index contributed by atoms with van der Waals surface area (Å²) in [5, 5.41) is 0. The minimum absolute atomic E-state index is 0.0500. The molecule has 5 heteroatoms. The number of aryl methyl sites for hydroxylation is 1. The van der Waals surface area contributed by atoms with Crippen LogP contribution in [-0.4, -0.2) is 37.4 Å². The molecule has 2 aromatic rings. The number of amides is 2. The smallest absolute Gasteiger partial charge is 0.255 e. The summed E-state index contributed by atoms with van der Waals surface area (Å²) < 4.78 is 5.47. The number of hydrogen-bond acceptors (Lipinski definition) is 3. The van der Waals surface area contributed by atoms with Gasteiger partial charge < -0.3 is 15.4 Å². The number of nitrogens with zero attached hydrogens (tertiary/aromatic N) is 1. The van der Waals surface area contributed by atoms with E-state index in [0.29, 0.717) is 11.3 Å². The Morgan fingerprint density at radius 2 is 1.74 bits per heavy atom. The summed E-state index contributed by atoms with van der Waals surface area (Å²) in [5.41, 5.74) is 8.58. The second-order valence-corrected chi connectivity index (χ2v) is 5.53. The van der Waals surface area contributed by atoms with Crippen molar-refractivity contribution in [2.24, 2.45) is 5.73 Å². The van der Waals surface area contributed by atoms with Gasteiger partial charge in [-0.1, -0.05) is 23.8 Å². The summed E-state index contributed by atoms with van der Waals surface area (Å²) >= 11 is 0. The molecule has 0 aliphatic heterocycles. The van der Waals surface area contributed by atoms with Crippen LogP contribution in [0.1, 0.15) is 15.9 Å². The van der Waals surface area contributed by atoms with Gasteiger partial charge in [-0.25, -0.2) is 0 Å². The zero-order chi connectivity index (χ0) is 17.0. The molecule has 2 aromatic carbocycles. The molecule has 0 unspecified atom stereocenters. The van der Waals surface area contributed by atoms with Gasteiger partial charge in [0.05, 0.1) is 0 Å². The number of ether oxygens (including phenoxy) is 1. The lowest BCUT2D eigenvalue weighted by Gasteiger charge is -2.13. The SMILES string of the molecule is Cc1ccc(OCC(N)=O)c(-c2ccc(C(=O)N(C)C)cc2)c1. The lowest BCUT2D eigenvalue weighted by Crippen LogP contribution is -2.21. The molecule has 0 fully saturated rings. The third-order valence-electron chi connectivity index (χ3n) is 3.35. The van der Waals surface area contributed by atoms with Gasteiger partial charge in [0.2, 0.25) is 0 Å². The first-order valence-electron chi connectivity index (χ1n) is 7.22. The van der Waals surface area contributed by atoms with E-state index in [9.17, 15) is 9.59 Å². The normalized spacial score (nSPS) is 10.2. The highest BCUT2D eigenvalue weighted by molar-refractivity contribution is 5.94. The van der Waals surface area contributed by atoms with Gasteiger partial charge in [-0.3, -0.25) is 9.59 Å². The second-order valence-electron chi connectivity index (χ2n) is 5.53. The minimum atomic E-state index is -0.525. The summed E-state index contributed by atoms with van der Waals surface area (Å²) in [6.45, 7) is 1.80. The van der Waals surface area contributed by atoms with Crippen LogP contribution >= 0.6 is 0 Å². The Morgan fingerprint density at radius 3 is 2.30 bits per heavy atom. The van der Waals surface area contributed by atoms with Gasteiger partial charge in [0.15, 0.2) is 6.61 Å². The molecule has 0 atom stereocenters. The molecule has 2 N–H and O–H groups in total. The van der Waals surface area contributed by atoms with E-state index >= 15 is 0 Å². The molecule has 0 heterocycles. The van der Waals surface area contributed by atoms with E-state index in [2.05, 4.69) is 0 Å². The Labute approximate surface area is 135 Å². The molecular weight excluding hydrogens is 292 g/mol. The maximum absolute atomic E-state index is 11.9.